The minimum Gasteiger partial charge on any atom is -0.425 e. The average molecular weight is 455 g/mol. The van der Waals surface area contributed by atoms with Gasteiger partial charge in [0.15, 0.2) is 11.5 Å². The predicted molar refractivity (Wildman–Crippen MR) is 121 cm³/mol. The summed E-state index contributed by atoms with van der Waals surface area (Å²) in [4.78, 5) is 20.7. The summed E-state index contributed by atoms with van der Waals surface area (Å²) in [5.41, 5.74) is 2.10. The van der Waals surface area contributed by atoms with E-state index in [1.807, 2.05) is 31.2 Å². The zero-order chi connectivity index (χ0) is 23.5. The number of hydrogen-bond donors (Lipinski definition) is 2. The lowest BCUT2D eigenvalue weighted by molar-refractivity contribution is 0.00112. The standard InChI is InChI=1S/C24H27FN4O4/c1-3-16-6-4-7-19(14-16)33-23-26-21-20(29(23)15-17-8-10-18(25)11-9-17)22(31)28(12-5-13-30)24(32)27(21)2/h4,6-11,14,24,30,32H,3,5,12-13,15H2,1-2H3. The Balaban J connectivity index is 1.79. The Hall–Kier alpha value is -3.43. The highest BCUT2D eigenvalue weighted by atomic mass is 19.1. The number of aryl methyl sites for hydroxylation is 1. The lowest BCUT2D eigenvalue weighted by Gasteiger charge is -2.38. The number of aliphatic hydroxyl groups excluding tert-OH is 2. The van der Waals surface area contributed by atoms with E-state index in [1.165, 1.54) is 21.9 Å². The summed E-state index contributed by atoms with van der Waals surface area (Å²) >= 11 is 0. The summed E-state index contributed by atoms with van der Waals surface area (Å²) in [5, 5.41) is 19.9. The summed E-state index contributed by atoms with van der Waals surface area (Å²) < 4.78 is 21.2. The van der Waals surface area contributed by atoms with Gasteiger partial charge in [0.25, 0.3) is 5.91 Å². The van der Waals surface area contributed by atoms with Crippen LogP contribution in [-0.4, -0.2) is 57.1 Å². The van der Waals surface area contributed by atoms with Crippen molar-refractivity contribution in [2.24, 2.45) is 0 Å². The van der Waals surface area contributed by atoms with E-state index in [0.29, 0.717) is 12.2 Å². The molecule has 0 bridgehead atoms. The van der Waals surface area contributed by atoms with Crippen molar-refractivity contribution in [2.45, 2.75) is 32.7 Å². The molecule has 0 saturated heterocycles. The number of imidazole rings is 1. The molecule has 1 aliphatic heterocycles. The maximum atomic E-state index is 13.4. The van der Waals surface area contributed by atoms with Crippen molar-refractivity contribution in [3.05, 3.63) is 71.2 Å². The van der Waals surface area contributed by atoms with E-state index in [0.717, 1.165) is 17.5 Å². The van der Waals surface area contributed by atoms with Gasteiger partial charge >= 0.3 is 6.01 Å². The number of aliphatic hydroxyl groups is 2. The molecule has 174 valence electrons. The number of anilines is 1. The Morgan fingerprint density at radius 2 is 1.91 bits per heavy atom. The minimum atomic E-state index is -1.22. The number of halogens is 1. The molecule has 9 heteroatoms. The van der Waals surface area contributed by atoms with E-state index in [-0.39, 0.29) is 43.0 Å². The van der Waals surface area contributed by atoms with E-state index in [2.05, 4.69) is 4.98 Å². The van der Waals surface area contributed by atoms with E-state index in [4.69, 9.17) is 4.74 Å². The first-order chi connectivity index (χ1) is 15.9. The van der Waals surface area contributed by atoms with Gasteiger partial charge in [-0.3, -0.25) is 14.3 Å². The van der Waals surface area contributed by atoms with Crippen LogP contribution in [-0.2, 0) is 13.0 Å². The largest absolute Gasteiger partial charge is 0.425 e. The van der Waals surface area contributed by atoms with Gasteiger partial charge in [-0.1, -0.05) is 31.2 Å². The third kappa shape index (κ3) is 4.55. The summed E-state index contributed by atoms with van der Waals surface area (Å²) in [7, 11) is 1.64. The van der Waals surface area contributed by atoms with Crippen molar-refractivity contribution in [3.63, 3.8) is 0 Å². The number of nitrogens with zero attached hydrogens (tertiary/aromatic N) is 4. The van der Waals surface area contributed by atoms with Crippen molar-refractivity contribution in [1.29, 1.82) is 0 Å². The molecule has 4 rings (SSSR count). The van der Waals surface area contributed by atoms with E-state index < -0.39 is 12.3 Å². The fourth-order valence-corrected chi connectivity index (χ4v) is 3.83. The number of ether oxygens (including phenoxy) is 1. The van der Waals surface area contributed by atoms with Gasteiger partial charge in [0.05, 0.1) is 6.54 Å². The molecule has 3 aromatic rings. The molecule has 1 aliphatic rings. The van der Waals surface area contributed by atoms with Crippen LogP contribution in [0.1, 0.15) is 35.0 Å². The topological polar surface area (TPSA) is 91.1 Å². The minimum absolute atomic E-state index is 0.107. The van der Waals surface area contributed by atoms with E-state index in [9.17, 15) is 19.4 Å². The first kappa shape index (κ1) is 22.8. The Bertz CT molecular complexity index is 1130. The molecule has 0 spiro atoms. The molecule has 1 unspecified atom stereocenters. The third-order valence-electron chi connectivity index (χ3n) is 5.66. The highest BCUT2D eigenvalue weighted by Gasteiger charge is 2.40. The summed E-state index contributed by atoms with van der Waals surface area (Å²) in [6.45, 7) is 2.33. The predicted octanol–water partition coefficient (Wildman–Crippen LogP) is 2.98. The molecule has 33 heavy (non-hydrogen) atoms. The second-order valence-electron chi connectivity index (χ2n) is 7.92. The highest BCUT2D eigenvalue weighted by Crippen LogP contribution is 2.35. The molecule has 2 aromatic carbocycles. The SMILES string of the molecule is CCc1cccc(Oc2nc3c(n2Cc2ccc(F)cc2)C(=O)N(CCCO)C(O)N3C)c1. The lowest BCUT2D eigenvalue weighted by atomic mass is 10.2. The third-order valence-corrected chi connectivity index (χ3v) is 5.66. The van der Waals surface area contributed by atoms with E-state index >= 15 is 0 Å². The number of aromatic nitrogens is 2. The molecule has 1 aromatic heterocycles. The number of carbonyl (C=O) groups excluding carboxylic acids is 1. The molecule has 0 aliphatic carbocycles. The number of amides is 1. The Morgan fingerprint density at radius 3 is 2.61 bits per heavy atom. The number of carbonyl (C=O) groups is 1. The molecule has 1 amide bonds. The first-order valence-corrected chi connectivity index (χ1v) is 10.9. The molecule has 2 heterocycles. The van der Waals surface area contributed by atoms with Crippen LogP contribution >= 0.6 is 0 Å². The van der Waals surface area contributed by atoms with Crippen LogP contribution in [0.15, 0.2) is 48.5 Å². The lowest BCUT2D eigenvalue weighted by Crippen LogP contribution is -2.54. The van der Waals surface area contributed by atoms with Crippen LogP contribution in [0, 0.1) is 5.82 Å². The molecular weight excluding hydrogens is 427 g/mol. The molecule has 0 saturated carbocycles. The summed E-state index contributed by atoms with van der Waals surface area (Å²) in [6, 6.07) is 13.8. The van der Waals surface area contributed by atoms with Gasteiger partial charge in [0.2, 0.25) is 6.35 Å². The average Bonchev–Trinajstić information content (AvgIpc) is 3.17. The quantitative estimate of drug-likeness (QED) is 0.544. The molecule has 2 N–H and O–H groups in total. The maximum absolute atomic E-state index is 13.4. The van der Waals surface area contributed by atoms with Crippen LogP contribution in [0.4, 0.5) is 10.2 Å². The van der Waals surface area contributed by atoms with Crippen LogP contribution in [0.5, 0.6) is 11.8 Å². The first-order valence-electron chi connectivity index (χ1n) is 10.9. The number of rotatable bonds is 8. The van der Waals surface area contributed by atoms with Crippen LogP contribution < -0.4 is 9.64 Å². The molecule has 0 radical (unpaired) electrons. The number of benzene rings is 2. The van der Waals surface area contributed by atoms with Gasteiger partial charge in [-0.05, 0) is 48.2 Å². The van der Waals surface area contributed by atoms with Gasteiger partial charge in [0, 0.05) is 20.2 Å². The van der Waals surface area contributed by atoms with Crippen molar-refractivity contribution in [1.82, 2.24) is 14.5 Å². The maximum Gasteiger partial charge on any atom is 0.304 e. The smallest absolute Gasteiger partial charge is 0.304 e. The Morgan fingerprint density at radius 1 is 1.15 bits per heavy atom. The Kier molecular flexibility index (Phi) is 6.62. The molecule has 8 nitrogen and oxygen atoms in total. The van der Waals surface area contributed by atoms with Crippen molar-refractivity contribution in [2.75, 3.05) is 25.1 Å². The van der Waals surface area contributed by atoms with Crippen molar-refractivity contribution >= 4 is 11.7 Å². The van der Waals surface area contributed by atoms with Crippen LogP contribution in [0.2, 0.25) is 0 Å². The normalized spacial score (nSPS) is 15.7. The number of hydrogen-bond acceptors (Lipinski definition) is 6. The van der Waals surface area contributed by atoms with Crippen molar-refractivity contribution < 1.29 is 24.1 Å². The van der Waals surface area contributed by atoms with Crippen LogP contribution in [0.25, 0.3) is 0 Å². The zero-order valence-corrected chi connectivity index (χ0v) is 18.6. The van der Waals surface area contributed by atoms with E-state index in [1.54, 1.807) is 23.7 Å². The van der Waals surface area contributed by atoms with Crippen LogP contribution in [0.3, 0.4) is 0 Å². The number of fused-ring (bicyclic) bond motifs is 1. The summed E-state index contributed by atoms with van der Waals surface area (Å²) in [5.74, 6) is 0.0885. The molecule has 1 atom stereocenters. The van der Waals surface area contributed by atoms with Gasteiger partial charge in [-0.2, -0.15) is 4.98 Å². The highest BCUT2D eigenvalue weighted by molar-refractivity contribution is 5.99. The molecular formula is C24H27FN4O4. The molecule has 0 fully saturated rings. The second kappa shape index (κ2) is 9.60. The van der Waals surface area contributed by atoms with Gasteiger partial charge < -0.3 is 19.8 Å². The van der Waals surface area contributed by atoms with Gasteiger partial charge in [-0.15, -0.1) is 0 Å². The Labute approximate surface area is 191 Å². The van der Waals surface area contributed by atoms with Crippen molar-refractivity contribution in [3.8, 4) is 11.8 Å². The zero-order valence-electron chi connectivity index (χ0n) is 18.6. The van der Waals surface area contributed by atoms with Gasteiger partial charge in [-0.25, -0.2) is 4.39 Å². The van der Waals surface area contributed by atoms with Gasteiger partial charge in [0.1, 0.15) is 11.6 Å². The fourth-order valence-electron chi connectivity index (χ4n) is 3.83. The fraction of sp³-hybridized carbons (Fsp3) is 0.333. The monoisotopic (exact) mass is 454 g/mol. The summed E-state index contributed by atoms with van der Waals surface area (Å²) in [6.07, 6.45) is -0.0575. The second-order valence-corrected chi connectivity index (χ2v) is 7.92.